The average Bonchev–Trinajstić information content (AvgIpc) is 3.78. The molecule has 0 bridgehead atoms. The highest BCUT2D eigenvalue weighted by molar-refractivity contribution is 7.33. The van der Waals surface area contributed by atoms with Gasteiger partial charge in [0.2, 0.25) is 0 Å². The van der Waals surface area contributed by atoms with Gasteiger partial charge in [0.05, 0.1) is 11.2 Å². The molecule has 1 aromatic heterocycles. The van der Waals surface area contributed by atoms with E-state index in [9.17, 15) is 0 Å². The summed E-state index contributed by atoms with van der Waals surface area (Å²) in [4.78, 5) is 5.86. The van der Waals surface area contributed by atoms with Crippen LogP contribution in [0.2, 0.25) is 0 Å². The number of benzene rings is 4. The van der Waals surface area contributed by atoms with Crippen molar-refractivity contribution in [3.63, 3.8) is 0 Å². The van der Waals surface area contributed by atoms with E-state index in [2.05, 4.69) is 199 Å². The molecule has 2 nitrogen and oxygen atoms in total. The second-order valence-corrected chi connectivity index (χ2v) is 27.2. The standard InChI is InChI=1S/C59H73BN2S/c1-34-27-41-42(57(13,14)24-23-56(41,11)12)31-44(34)61-45-29-36(53(3,4)5)30-46-49(45)60(43-22-21-39-48(51(43)61)58(15,16)26-25-55(39,9)10)52-50(38-19-17-18-20-47(38)63-52)62(46)59-32-35(2)40(54(6,7)8)28-37(59)33-59/h17-22,27-31,35,37H,23-26,32-33H2,1-16H3/t35-,37?,59?/m0/s1. The summed E-state index contributed by atoms with van der Waals surface area (Å²) in [5.74, 6) is 1.06. The lowest BCUT2D eigenvalue weighted by Crippen LogP contribution is -2.63. The smallest absolute Gasteiger partial charge is 0.264 e. The highest BCUT2D eigenvalue weighted by atomic mass is 32.1. The summed E-state index contributed by atoms with van der Waals surface area (Å²) in [6, 6.07) is 25.3. The molecule has 0 radical (unpaired) electrons. The first-order chi connectivity index (χ1) is 29.3. The van der Waals surface area contributed by atoms with Gasteiger partial charge in [0.25, 0.3) is 6.71 Å². The van der Waals surface area contributed by atoms with Gasteiger partial charge in [0, 0.05) is 43.5 Å². The summed E-state index contributed by atoms with van der Waals surface area (Å²) in [6.07, 6.45) is 9.96. The Bertz CT molecular complexity index is 2830. The molecule has 1 fully saturated rings. The van der Waals surface area contributed by atoms with Crippen LogP contribution < -0.4 is 25.5 Å². The van der Waals surface area contributed by atoms with E-state index in [1.54, 1.807) is 32.6 Å². The van der Waals surface area contributed by atoms with Crippen LogP contribution in [0.5, 0.6) is 0 Å². The van der Waals surface area contributed by atoms with Gasteiger partial charge in [0.15, 0.2) is 0 Å². The number of thiophene rings is 1. The topological polar surface area (TPSA) is 6.48 Å². The van der Waals surface area contributed by atoms with Crippen LogP contribution in [-0.4, -0.2) is 12.3 Å². The Kier molecular flexibility index (Phi) is 8.50. The van der Waals surface area contributed by atoms with Crippen molar-refractivity contribution in [3.05, 3.63) is 106 Å². The van der Waals surface area contributed by atoms with Gasteiger partial charge in [-0.05, 0) is 152 Å². The molecule has 3 atom stereocenters. The molecule has 0 saturated heterocycles. The second-order valence-electron chi connectivity index (χ2n) is 26.1. The van der Waals surface area contributed by atoms with Crippen LogP contribution in [0, 0.1) is 24.2 Å². The molecular weight excluding hydrogens is 780 g/mol. The molecule has 2 unspecified atom stereocenters. The van der Waals surface area contributed by atoms with Crippen molar-refractivity contribution in [3.8, 4) is 0 Å². The molecule has 63 heavy (non-hydrogen) atoms. The molecular formula is C59H73BN2S. The lowest BCUT2D eigenvalue weighted by Gasteiger charge is -2.51. The highest BCUT2D eigenvalue weighted by Crippen LogP contribution is 2.65. The number of hydrogen-bond donors (Lipinski definition) is 0. The van der Waals surface area contributed by atoms with E-state index in [0.29, 0.717) is 11.8 Å². The van der Waals surface area contributed by atoms with Crippen LogP contribution in [0.1, 0.15) is 176 Å². The largest absolute Gasteiger partial charge is 0.334 e. The summed E-state index contributed by atoms with van der Waals surface area (Å²) in [6.45, 7) is 39.9. The number of fused-ring (bicyclic) bond motifs is 10. The number of allylic oxidation sites excluding steroid dienone is 1. The van der Waals surface area contributed by atoms with E-state index in [-0.39, 0.29) is 44.7 Å². The Morgan fingerprint density at radius 1 is 0.651 bits per heavy atom. The SMILES string of the molecule is Cc1cc2c(cc1N1c3cc(C(C)(C)C)cc4c3B(c3ccc5c(c31)C(C)(C)CCC5(C)C)c1sc3ccccc3c1N4C13CC1C=C(C(C)(C)C)[C@@H](C)C3)C(C)(C)CCC2(C)C. The second kappa shape index (κ2) is 12.8. The van der Waals surface area contributed by atoms with Gasteiger partial charge in [-0.25, -0.2) is 0 Å². The minimum Gasteiger partial charge on any atom is -0.334 e. The number of aryl methyl sites for hydroxylation is 1. The van der Waals surface area contributed by atoms with E-state index in [1.165, 1.54) is 99.1 Å². The lowest BCUT2D eigenvalue weighted by atomic mass is 9.35. The van der Waals surface area contributed by atoms with E-state index >= 15 is 0 Å². The summed E-state index contributed by atoms with van der Waals surface area (Å²) in [5, 5.41) is 1.43. The normalized spacial score (nSPS) is 25.7. The van der Waals surface area contributed by atoms with Gasteiger partial charge in [-0.2, -0.15) is 0 Å². The molecule has 4 aromatic carbocycles. The van der Waals surface area contributed by atoms with Gasteiger partial charge < -0.3 is 9.80 Å². The van der Waals surface area contributed by atoms with E-state index in [4.69, 9.17) is 0 Å². The van der Waals surface area contributed by atoms with Gasteiger partial charge >= 0.3 is 0 Å². The van der Waals surface area contributed by atoms with Crippen molar-refractivity contribution < 1.29 is 0 Å². The molecule has 328 valence electrons. The number of anilines is 5. The van der Waals surface area contributed by atoms with Gasteiger partial charge in [-0.3, -0.25) is 0 Å². The molecule has 0 amide bonds. The monoisotopic (exact) mass is 853 g/mol. The maximum absolute atomic E-state index is 2.99. The quantitative estimate of drug-likeness (QED) is 0.126. The minimum atomic E-state index is -0.0519. The first-order valence-electron chi connectivity index (χ1n) is 24.6. The Morgan fingerprint density at radius 2 is 1.27 bits per heavy atom. The molecule has 0 spiro atoms. The zero-order valence-electron chi connectivity index (χ0n) is 41.6. The summed E-state index contributed by atoms with van der Waals surface area (Å²) >= 11 is 2.08. The third kappa shape index (κ3) is 5.80. The Hall–Kier alpha value is -3.76. The summed E-state index contributed by atoms with van der Waals surface area (Å²) in [5.41, 5.74) is 21.4. The molecule has 4 heteroatoms. The molecule has 11 rings (SSSR count). The van der Waals surface area contributed by atoms with Gasteiger partial charge in [-0.1, -0.05) is 152 Å². The molecule has 3 heterocycles. The Labute approximate surface area is 385 Å². The maximum Gasteiger partial charge on any atom is 0.264 e. The fraction of sp³-hybridized carbons (Fsp3) is 0.525. The zero-order valence-corrected chi connectivity index (χ0v) is 42.4. The van der Waals surface area contributed by atoms with Crippen molar-refractivity contribution in [1.82, 2.24) is 0 Å². The van der Waals surface area contributed by atoms with Gasteiger partial charge in [-0.15, -0.1) is 11.3 Å². The summed E-state index contributed by atoms with van der Waals surface area (Å²) < 4.78 is 2.96. The first-order valence-corrected chi connectivity index (χ1v) is 25.4. The zero-order chi connectivity index (χ0) is 44.9. The van der Waals surface area contributed by atoms with E-state index in [1.807, 2.05) is 0 Å². The molecule has 1 saturated carbocycles. The fourth-order valence-electron chi connectivity index (χ4n) is 13.9. The number of nitrogens with zero attached hydrogens (tertiary/aromatic N) is 2. The third-order valence-corrected chi connectivity index (χ3v) is 19.0. The highest BCUT2D eigenvalue weighted by Gasteiger charge is 2.64. The van der Waals surface area contributed by atoms with Crippen LogP contribution in [0.25, 0.3) is 10.1 Å². The predicted octanol–water partition coefficient (Wildman–Crippen LogP) is 14.7. The minimum absolute atomic E-state index is 0.0129. The fourth-order valence-corrected chi connectivity index (χ4v) is 15.2. The molecule has 0 N–H and O–H groups in total. The molecule has 5 aromatic rings. The van der Waals surface area contributed by atoms with E-state index in [0.717, 1.165) is 0 Å². The maximum atomic E-state index is 2.99. The van der Waals surface area contributed by atoms with Crippen molar-refractivity contribution in [2.24, 2.45) is 17.3 Å². The van der Waals surface area contributed by atoms with Crippen molar-refractivity contribution >= 4 is 72.3 Å². The number of hydrogen-bond acceptors (Lipinski definition) is 3. The van der Waals surface area contributed by atoms with E-state index < -0.39 is 0 Å². The third-order valence-electron chi connectivity index (χ3n) is 17.8. The average molecular weight is 853 g/mol. The lowest BCUT2D eigenvalue weighted by molar-refractivity contribution is 0.331. The van der Waals surface area contributed by atoms with Crippen LogP contribution in [0.15, 0.2) is 72.3 Å². The Balaban J connectivity index is 1.29. The van der Waals surface area contributed by atoms with Crippen LogP contribution in [-0.2, 0) is 27.1 Å². The molecule has 6 aliphatic rings. The van der Waals surface area contributed by atoms with Crippen molar-refractivity contribution in [2.75, 3.05) is 9.80 Å². The predicted molar refractivity (Wildman–Crippen MR) is 276 cm³/mol. The molecule has 4 aliphatic carbocycles. The van der Waals surface area contributed by atoms with Crippen molar-refractivity contribution in [2.45, 2.75) is 182 Å². The number of rotatable bonds is 2. The Morgan fingerprint density at radius 3 is 1.94 bits per heavy atom. The van der Waals surface area contributed by atoms with Crippen LogP contribution >= 0.6 is 11.3 Å². The summed E-state index contributed by atoms with van der Waals surface area (Å²) in [7, 11) is 0. The molecule has 2 aliphatic heterocycles. The van der Waals surface area contributed by atoms with Crippen LogP contribution in [0.3, 0.4) is 0 Å². The first kappa shape index (κ1) is 41.9. The van der Waals surface area contributed by atoms with Crippen LogP contribution in [0.4, 0.5) is 28.4 Å². The van der Waals surface area contributed by atoms with Gasteiger partial charge in [0.1, 0.15) is 0 Å². The van der Waals surface area contributed by atoms with Crippen molar-refractivity contribution in [1.29, 1.82) is 0 Å².